The zero-order chi connectivity index (χ0) is 16.5. The lowest BCUT2D eigenvalue weighted by Gasteiger charge is -2.33. The van der Waals surface area contributed by atoms with Crippen LogP contribution in [0.5, 0.6) is 0 Å². The number of amides is 1. The summed E-state index contributed by atoms with van der Waals surface area (Å²) in [5.41, 5.74) is 7.78. The smallest absolute Gasteiger partial charge is 0.243 e. The van der Waals surface area contributed by atoms with Gasteiger partial charge in [0.15, 0.2) is 0 Å². The lowest BCUT2D eigenvalue weighted by atomic mass is 10.1. The zero-order valence-electron chi connectivity index (χ0n) is 13.3. The summed E-state index contributed by atoms with van der Waals surface area (Å²) in [4.78, 5) is 13.2. The fourth-order valence-corrected chi connectivity index (χ4v) is 4.88. The first-order valence-electron chi connectivity index (χ1n) is 7.30. The van der Waals surface area contributed by atoms with E-state index in [1.807, 2.05) is 37.8 Å². The van der Waals surface area contributed by atoms with Crippen molar-refractivity contribution in [2.45, 2.75) is 25.7 Å². The highest BCUT2D eigenvalue weighted by atomic mass is 32.2. The molecule has 0 radical (unpaired) electrons. The van der Waals surface area contributed by atoms with Crippen molar-refractivity contribution in [3.63, 3.8) is 0 Å². The predicted octanol–water partition coefficient (Wildman–Crippen LogP) is 0.403. The lowest BCUT2D eigenvalue weighted by Crippen LogP contribution is -2.50. The number of hydrogen-bond donors (Lipinski definition) is 1. The molecule has 0 unspecified atom stereocenters. The van der Waals surface area contributed by atoms with Gasteiger partial charge in [-0.1, -0.05) is 17.7 Å². The minimum atomic E-state index is -3.50. The molecule has 1 fully saturated rings. The Kier molecular flexibility index (Phi) is 4.89. The summed E-state index contributed by atoms with van der Waals surface area (Å²) in [6.45, 7) is 7.59. The van der Waals surface area contributed by atoms with Crippen LogP contribution in [0.15, 0.2) is 17.0 Å². The van der Waals surface area contributed by atoms with Gasteiger partial charge in [-0.2, -0.15) is 4.31 Å². The van der Waals surface area contributed by atoms with E-state index in [1.54, 1.807) is 0 Å². The van der Waals surface area contributed by atoms with Crippen LogP contribution in [0.25, 0.3) is 0 Å². The number of rotatable bonds is 4. The highest BCUT2D eigenvalue weighted by molar-refractivity contribution is 7.89. The van der Waals surface area contributed by atoms with Gasteiger partial charge in [-0.3, -0.25) is 9.69 Å². The van der Waals surface area contributed by atoms with E-state index in [2.05, 4.69) is 0 Å². The minimum absolute atomic E-state index is 0.177. The fourth-order valence-electron chi connectivity index (χ4n) is 3.05. The van der Waals surface area contributed by atoms with E-state index in [9.17, 15) is 13.2 Å². The second kappa shape index (κ2) is 6.36. The summed E-state index contributed by atoms with van der Waals surface area (Å²) >= 11 is 0. The van der Waals surface area contributed by atoms with Crippen molar-refractivity contribution in [2.24, 2.45) is 5.73 Å². The molecule has 1 saturated heterocycles. The molecule has 6 nitrogen and oxygen atoms in total. The number of carbonyl (C=O) groups excluding carboxylic acids is 1. The average Bonchev–Trinajstić information content (AvgIpc) is 2.36. The molecule has 1 aliphatic heterocycles. The van der Waals surface area contributed by atoms with Crippen LogP contribution in [0.3, 0.4) is 0 Å². The molecule has 0 aliphatic carbocycles. The standard InChI is InChI=1S/C15H23N3O3S/c1-11-8-12(2)15(13(3)9-11)22(20,21)18-6-4-17(5-7-18)10-14(16)19/h8-9H,4-7,10H2,1-3H3,(H2,16,19). The van der Waals surface area contributed by atoms with Crippen molar-refractivity contribution >= 4 is 15.9 Å². The molecule has 22 heavy (non-hydrogen) atoms. The summed E-state index contributed by atoms with van der Waals surface area (Å²) in [5, 5.41) is 0. The Hall–Kier alpha value is -1.44. The van der Waals surface area contributed by atoms with Crippen molar-refractivity contribution < 1.29 is 13.2 Å². The normalized spacial score (nSPS) is 17.6. The molecular formula is C15H23N3O3S. The second-order valence-corrected chi connectivity index (χ2v) is 7.75. The molecular weight excluding hydrogens is 302 g/mol. The van der Waals surface area contributed by atoms with E-state index in [-0.39, 0.29) is 12.5 Å². The third-order valence-corrected chi connectivity index (χ3v) is 6.12. The van der Waals surface area contributed by atoms with Crippen LogP contribution in [0.1, 0.15) is 16.7 Å². The van der Waals surface area contributed by atoms with Crippen molar-refractivity contribution in [3.05, 3.63) is 28.8 Å². The predicted molar refractivity (Wildman–Crippen MR) is 85.0 cm³/mol. The molecule has 1 aromatic rings. The minimum Gasteiger partial charge on any atom is -0.369 e. The van der Waals surface area contributed by atoms with Crippen LogP contribution in [0.2, 0.25) is 0 Å². The average molecular weight is 325 g/mol. The molecule has 1 heterocycles. The van der Waals surface area contributed by atoms with Crippen LogP contribution >= 0.6 is 0 Å². The molecule has 7 heteroatoms. The van der Waals surface area contributed by atoms with Crippen molar-refractivity contribution in [1.82, 2.24) is 9.21 Å². The van der Waals surface area contributed by atoms with Gasteiger partial charge in [0, 0.05) is 26.2 Å². The monoisotopic (exact) mass is 325 g/mol. The maximum Gasteiger partial charge on any atom is 0.243 e. The van der Waals surface area contributed by atoms with E-state index in [4.69, 9.17) is 5.73 Å². The molecule has 0 saturated carbocycles. The first kappa shape index (κ1) is 16.9. The lowest BCUT2D eigenvalue weighted by molar-refractivity contribution is -0.119. The molecule has 0 aromatic heterocycles. The molecule has 2 rings (SSSR count). The number of benzene rings is 1. The first-order valence-corrected chi connectivity index (χ1v) is 8.74. The van der Waals surface area contributed by atoms with E-state index in [1.165, 1.54) is 4.31 Å². The van der Waals surface area contributed by atoms with Crippen molar-refractivity contribution in [1.29, 1.82) is 0 Å². The van der Waals surface area contributed by atoms with Crippen molar-refractivity contribution in [2.75, 3.05) is 32.7 Å². The van der Waals surface area contributed by atoms with E-state index < -0.39 is 10.0 Å². The Labute approximate surface area is 131 Å². The van der Waals surface area contributed by atoms with Gasteiger partial charge in [-0.25, -0.2) is 8.42 Å². The topological polar surface area (TPSA) is 83.7 Å². The third-order valence-electron chi connectivity index (χ3n) is 3.91. The Morgan fingerprint density at radius 1 is 1.09 bits per heavy atom. The molecule has 0 atom stereocenters. The highest BCUT2D eigenvalue weighted by Crippen LogP contribution is 2.25. The van der Waals surface area contributed by atoms with Crippen molar-refractivity contribution in [3.8, 4) is 0 Å². The SMILES string of the molecule is Cc1cc(C)c(S(=O)(=O)N2CCN(CC(N)=O)CC2)c(C)c1. The zero-order valence-corrected chi connectivity index (χ0v) is 14.1. The summed E-state index contributed by atoms with van der Waals surface area (Å²) in [6, 6.07) is 3.78. The molecule has 1 amide bonds. The Morgan fingerprint density at radius 2 is 1.59 bits per heavy atom. The van der Waals surface area contributed by atoms with Crippen LogP contribution < -0.4 is 5.73 Å². The first-order chi connectivity index (χ1) is 10.2. The Balaban J connectivity index is 2.21. The molecule has 0 bridgehead atoms. The van der Waals surface area contributed by atoms with Crippen LogP contribution in [0.4, 0.5) is 0 Å². The number of piperazine rings is 1. The van der Waals surface area contributed by atoms with Gasteiger partial charge < -0.3 is 5.73 Å². The Bertz CT molecular complexity index is 654. The van der Waals surface area contributed by atoms with Gasteiger partial charge in [0.25, 0.3) is 0 Å². The largest absolute Gasteiger partial charge is 0.369 e. The van der Waals surface area contributed by atoms with Gasteiger partial charge >= 0.3 is 0 Å². The molecule has 1 aromatic carbocycles. The summed E-state index contributed by atoms with van der Waals surface area (Å²) in [6.07, 6.45) is 0. The van der Waals surface area contributed by atoms with Crippen LogP contribution in [-0.2, 0) is 14.8 Å². The van der Waals surface area contributed by atoms with Gasteiger partial charge in [0.05, 0.1) is 11.4 Å². The van der Waals surface area contributed by atoms with Gasteiger partial charge in [0.2, 0.25) is 15.9 Å². The van der Waals surface area contributed by atoms with Gasteiger partial charge in [-0.15, -0.1) is 0 Å². The quantitative estimate of drug-likeness (QED) is 0.869. The summed E-state index contributed by atoms with van der Waals surface area (Å²) < 4.78 is 27.3. The van der Waals surface area contributed by atoms with Gasteiger partial charge in [0.1, 0.15) is 0 Å². The summed E-state index contributed by atoms with van der Waals surface area (Å²) in [7, 11) is -3.50. The van der Waals surface area contributed by atoms with Gasteiger partial charge in [-0.05, 0) is 31.9 Å². The number of aryl methyl sites for hydroxylation is 3. The number of carbonyl (C=O) groups is 1. The molecule has 122 valence electrons. The maximum atomic E-state index is 12.9. The molecule has 1 aliphatic rings. The molecule has 0 spiro atoms. The van der Waals surface area contributed by atoms with Crippen LogP contribution in [0, 0.1) is 20.8 Å². The Morgan fingerprint density at radius 3 is 2.05 bits per heavy atom. The molecule has 2 N–H and O–H groups in total. The number of hydrogen-bond acceptors (Lipinski definition) is 4. The highest BCUT2D eigenvalue weighted by Gasteiger charge is 2.31. The van der Waals surface area contributed by atoms with Crippen LogP contribution in [-0.4, -0.2) is 56.3 Å². The number of primary amides is 1. The second-order valence-electron chi connectivity index (χ2n) is 5.87. The van der Waals surface area contributed by atoms with E-state index >= 15 is 0 Å². The number of sulfonamides is 1. The third kappa shape index (κ3) is 3.48. The summed E-state index contributed by atoms with van der Waals surface area (Å²) in [5.74, 6) is -0.387. The van der Waals surface area contributed by atoms with E-state index in [0.29, 0.717) is 31.1 Å². The number of nitrogens with zero attached hydrogens (tertiary/aromatic N) is 2. The fraction of sp³-hybridized carbons (Fsp3) is 0.533. The van der Waals surface area contributed by atoms with E-state index in [0.717, 1.165) is 16.7 Å². The maximum absolute atomic E-state index is 12.9. The number of nitrogens with two attached hydrogens (primary N) is 1.